The zero-order chi connectivity index (χ0) is 19.1. The second-order valence-corrected chi connectivity index (χ2v) is 8.43. The minimum Gasteiger partial charge on any atom is -0.458 e. The number of fused-ring (bicyclic) bond motifs is 2. The van der Waals surface area contributed by atoms with Crippen LogP contribution in [-0.4, -0.2) is 25.2 Å². The molecule has 2 aromatic carbocycles. The van der Waals surface area contributed by atoms with Crippen LogP contribution in [0.2, 0.25) is 0 Å². The van der Waals surface area contributed by atoms with Gasteiger partial charge >= 0.3 is 0 Å². The molecule has 7 nitrogen and oxygen atoms in total. The van der Waals surface area contributed by atoms with Crippen molar-refractivity contribution in [1.29, 1.82) is 0 Å². The topological polar surface area (TPSA) is 106 Å². The Morgan fingerprint density at radius 3 is 2.59 bits per heavy atom. The fraction of sp³-hybridized carbons (Fsp3) is 0.211. The summed E-state index contributed by atoms with van der Waals surface area (Å²) in [6, 6.07) is 16.1. The van der Waals surface area contributed by atoms with E-state index in [1.165, 1.54) is 6.92 Å². The van der Waals surface area contributed by atoms with Crippen molar-refractivity contribution in [2.24, 2.45) is 0 Å². The van der Waals surface area contributed by atoms with E-state index in [9.17, 15) is 13.5 Å². The molecule has 1 atom stereocenters. The molecule has 0 aliphatic carbocycles. The molecule has 0 unspecified atom stereocenters. The maximum atomic E-state index is 12.5. The van der Waals surface area contributed by atoms with Crippen molar-refractivity contribution in [2.75, 3.05) is 6.54 Å². The number of benzene rings is 2. The number of hydrogen-bond acceptors (Lipinski definition) is 6. The summed E-state index contributed by atoms with van der Waals surface area (Å²) >= 11 is 0. The van der Waals surface area contributed by atoms with E-state index in [1.54, 1.807) is 36.4 Å². The number of aliphatic hydroxyl groups is 1. The largest absolute Gasteiger partial charge is 0.458 e. The lowest BCUT2D eigenvalue weighted by Gasteiger charge is -2.21. The quantitative estimate of drug-likeness (QED) is 0.528. The Balaban J connectivity index is 1.50. The summed E-state index contributed by atoms with van der Waals surface area (Å²) in [5, 5.41) is 16.0. The molecule has 0 spiro atoms. The lowest BCUT2D eigenvalue weighted by molar-refractivity contribution is 0.0411. The average molecular weight is 386 g/mol. The van der Waals surface area contributed by atoms with Gasteiger partial charge in [-0.3, -0.25) is 0 Å². The first-order chi connectivity index (χ1) is 12.8. The van der Waals surface area contributed by atoms with Crippen LogP contribution in [-0.2, 0) is 21.4 Å². The Bertz CT molecular complexity index is 1170. The van der Waals surface area contributed by atoms with Crippen molar-refractivity contribution < 1.29 is 22.5 Å². The molecule has 140 valence electrons. The Labute approximate surface area is 155 Å². The third-order valence-corrected chi connectivity index (χ3v) is 5.61. The van der Waals surface area contributed by atoms with Gasteiger partial charge in [0.25, 0.3) is 0 Å². The Morgan fingerprint density at radius 2 is 1.81 bits per heavy atom. The van der Waals surface area contributed by atoms with Gasteiger partial charge in [0.1, 0.15) is 28.4 Å². The smallest absolute Gasteiger partial charge is 0.217 e. The van der Waals surface area contributed by atoms with Gasteiger partial charge in [0, 0.05) is 17.3 Å². The fourth-order valence-electron chi connectivity index (χ4n) is 2.86. The predicted molar refractivity (Wildman–Crippen MR) is 100 cm³/mol. The Morgan fingerprint density at radius 1 is 1.11 bits per heavy atom. The van der Waals surface area contributed by atoms with Crippen molar-refractivity contribution in [3.63, 3.8) is 0 Å². The number of nitrogens with one attached hydrogen (secondary N) is 1. The molecular formula is C19H18N2O5S. The summed E-state index contributed by atoms with van der Waals surface area (Å²) in [7, 11) is -3.74. The first kappa shape index (κ1) is 17.7. The van der Waals surface area contributed by atoms with Gasteiger partial charge in [-0.2, -0.15) is 0 Å². The average Bonchev–Trinajstić information content (AvgIpc) is 3.25. The van der Waals surface area contributed by atoms with Crippen LogP contribution < -0.4 is 4.72 Å². The molecule has 0 amide bonds. The molecule has 0 saturated heterocycles. The molecule has 27 heavy (non-hydrogen) atoms. The molecule has 4 rings (SSSR count). The molecule has 0 aliphatic rings. The van der Waals surface area contributed by atoms with Crippen molar-refractivity contribution in [2.45, 2.75) is 18.3 Å². The molecule has 0 radical (unpaired) electrons. The summed E-state index contributed by atoms with van der Waals surface area (Å²) in [5.74, 6) is -0.0569. The zero-order valence-electron chi connectivity index (χ0n) is 14.5. The van der Waals surface area contributed by atoms with Crippen molar-refractivity contribution in [3.8, 4) is 0 Å². The second-order valence-electron chi connectivity index (χ2n) is 6.63. The van der Waals surface area contributed by atoms with E-state index in [-0.39, 0.29) is 12.3 Å². The van der Waals surface area contributed by atoms with E-state index >= 15 is 0 Å². The van der Waals surface area contributed by atoms with Gasteiger partial charge in [-0.25, -0.2) is 13.1 Å². The number of para-hydroxylation sites is 2. The van der Waals surface area contributed by atoms with Crippen LogP contribution in [0, 0.1) is 0 Å². The van der Waals surface area contributed by atoms with Crippen LogP contribution in [0.25, 0.3) is 21.9 Å². The predicted octanol–water partition coefficient (Wildman–Crippen LogP) is 2.90. The number of aromatic nitrogens is 1. The van der Waals surface area contributed by atoms with Crippen LogP contribution in [0.1, 0.15) is 18.4 Å². The standard InChI is InChI=1S/C19H18N2O5S/c1-19(22,18-10-13-6-2-4-8-16(13)25-18)12-20-27(23,24)11-15-14-7-3-5-9-17(14)26-21-15/h2-10,20,22H,11-12H2,1H3/t19-/m1/s1. The third-order valence-electron chi connectivity index (χ3n) is 4.37. The molecule has 0 aliphatic heterocycles. The number of sulfonamides is 1. The highest BCUT2D eigenvalue weighted by molar-refractivity contribution is 7.88. The van der Waals surface area contributed by atoms with Crippen molar-refractivity contribution >= 4 is 32.0 Å². The minimum absolute atomic E-state index is 0.231. The molecule has 0 fully saturated rings. The van der Waals surface area contributed by atoms with Gasteiger partial charge in [0.2, 0.25) is 10.0 Å². The summed E-state index contributed by atoms with van der Waals surface area (Å²) < 4.78 is 38.1. The van der Waals surface area contributed by atoms with Gasteiger partial charge < -0.3 is 14.0 Å². The molecular weight excluding hydrogens is 368 g/mol. The van der Waals surface area contributed by atoms with E-state index in [1.807, 2.05) is 18.2 Å². The fourth-order valence-corrected chi connectivity index (χ4v) is 4.03. The molecule has 4 aromatic rings. The van der Waals surface area contributed by atoms with Gasteiger partial charge in [-0.1, -0.05) is 35.5 Å². The maximum absolute atomic E-state index is 12.5. The van der Waals surface area contributed by atoms with Crippen LogP contribution in [0.3, 0.4) is 0 Å². The van der Waals surface area contributed by atoms with E-state index in [0.717, 1.165) is 5.39 Å². The summed E-state index contributed by atoms with van der Waals surface area (Å²) in [4.78, 5) is 0. The Hall–Kier alpha value is -2.68. The lowest BCUT2D eigenvalue weighted by Crippen LogP contribution is -2.38. The van der Waals surface area contributed by atoms with Crippen molar-refractivity contribution in [1.82, 2.24) is 9.88 Å². The van der Waals surface area contributed by atoms with Crippen LogP contribution in [0.15, 0.2) is 63.5 Å². The second kappa shape index (κ2) is 6.49. The monoisotopic (exact) mass is 386 g/mol. The SMILES string of the molecule is C[C@@](O)(CNS(=O)(=O)Cc1noc2ccccc12)c1cc2ccccc2o1. The highest BCUT2D eigenvalue weighted by Gasteiger charge is 2.30. The van der Waals surface area contributed by atoms with E-state index in [4.69, 9.17) is 8.94 Å². The molecule has 8 heteroatoms. The van der Waals surface area contributed by atoms with Gasteiger partial charge in [0.05, 0.1) is 0 Å². The summed E-state index contributed by atoms with van der Waals surface area (Å²) in [5.41, 5.74) is -0.0269. The van der Waals surface area contributed by atoms with E-state index < -0.39 is 15.6 Å². The molecule has 2 heterocycles. The molecule has 2 N–H and O–H groups in total. The minimum atomic E-state index is -3.74. The third kappa shape index (κ3) is 3.59. The highest BCUT2D eigenvalue weighted by Crippen LogP contribution is 2.28. The first-order valence-corrected chi connectivity index (χ1v) is 10.0. The molecule has 0 bridgehead atoms. The van der Waals surface area contributed by atoms with Gasteiger partial charge in [-0.15, -0.1) is 0 Å². The van der Waals surface area contributed by atoms with Crippen LogP contribution in [0.4, 0.5) is 0 Å². The number of nitrogens with zero attached hydrogens (tertiary/aromatic N) is 1. The Kier molecular flexibility index (Phi) is 4.26. The van der Waals surface area contributed by atoms with Crippen molar-refractivity contribution in [3.05, 3.63) is 66.1 Å². The normalized spacial score (nSPS) is 14.6. The molecule has 0 saturated carbocycles. The highest BCUT2D eigenvalue weighted by atomic mass is 32.2. The summed E-state index contributed by atoms with van der Waals surface area (Å²) in [6.07, 6.45) is 0. The summed E-state index contributed by atoms with van der Waals surface area (Å²) in [6.45, 7) is 1.27. The first-order valence-electron chi connectivity index (χ1n) is 8.36. The number of hydrogen-bond donors (Lipinski definition) is 2. The van der Waals surface area contributed by atoms with E-state index in [0.29, 0.717) is 28.0 Å². The van der Waals surface area contributed by atoms with Gasteiger partial charge in [-0.05, 0) is 31.2 Å². The van der Waals surface area contributed by atoms with Crippen LogP contribution >= 0.6 is 0 Å². The molecule has 2 aromatic heterocycles. The zero-order valence-corrected chi connectivity index (χ0v) is 15.4. The lowest BCUT2D eigenvalue weighted by atomic mass is 10.0. The van der Waals surface area contributed by atoms with Gasteiger partial charge in [0.15, 0.2) is 5.58 Å². The van der Waals surface area contributed by atoms with Crippen LogP contribution in [0.5, 0.6) is 0 Å². The number of furan rings is 1. The maximum Gasteiger partial charge on any atom is 0.217 e. The number of rotatable bonds is 6. The van der Waals surface area contributed by atoms with E-state index in [2.05, 4.69) is 9.88 Å².